The number of rotatable bonds is 8. The third-order valence-corrected chi connectivity index (χ3v) is 8.33. The first kappa shape index (κ1) is 21.9. The van der Waals surface area contributed by atoms with Crippen molar-refractivity contribution in [3.8, 4) is 0 Å². The number of aryl methyl sites for hydroxylation is 1. The number of benzene rings is 2. The van der Waals surface area contributed by atoms with Crippen LogP contribution in [-0.4, -0.2) is 53.5 Å². The summed E-state index contributed by atoms with van der Waals surface area (Å²) in [4.78, 5) is 0.125. The Labute approximate surface area is 172 Å². The van der Waals surface area contributed by atoms with Gasteiger partial charge < -0.3 is 4.74 Å². The standard InChI is InChI=1S/C20H26N2O5S2/c1-17(7-8-18-5-3-2-4-6-18)21-28(23,24)19-9-11-20(12-10-19)29(25,26)22-13-15-27-16-14-22/h2-6,9-12,17,21H,7-8,13-16H2,1H3. The van der Waals surface area contributed by atoms with E-state index in [1.807, 2.05) is 37.3 Å². The topological polar surface area (TPSA) is 92.8 Å². The third kappa shape index (κ3) is 5.64. The molecule has 1 saturated heterocycles. The van der Waals surface area contributed by atoms with Gasteiger partial charge >= 0.3 is 0 Å². The summed E-state index contributed by atoms with van der Waals surface area (Å²) in [6.45, 7) is 3.12. The van der Waals surface area contributed by atoms with Crippen LogP contribution in [-0.2, 0) is 31.2 Å². The summed E-state index contributed by atoms with van der Waals surface area (Å²) in [7, 11) is -7.38. The molecular formula is C20H26N2O5S2. The first-order valence-corrected chi connectivity index (χ1v) is 12.5. The van der Waals surface area contributed by atoms with E-state index < -0.39 is 20.0 Å². The predicted octanol–water partition coefficient (Wildman–Crippen LogP) is 2.01. The molecule has 1 heterocycles. The van der Waals surface area contributed by atoms with Gasteiger partial charge in [0.25, 0.3) is 0 Å². The maximum Gasteiger partial charge on any atom is 0.243 e. The number of hydrogen-bond acceptors (Lipinski definition) is 5. The highest BCUT2D eigenvalue weighted by atomic mass is 32.2. The van der Waals surface area contributed by atoms with Crippen LogP contribution in [0.15, 0.2) is 64.4 Å². The molecule has 0 aliphatic carbocycles. The molecule has 0 saturated carbocycles. The Kier molecular flexibility index (Phi) is 7.07. The van der Waals surface area contributed by atoms with E-state index in [9.17, 15) is 16.8 Å². The SMILES string of the molecule is CC(CCc1ccccc1)NS(=O)(=O)c1ccc(S(=O)(=O)N2CCOCC2)cc1. The minimum Gasteiger partial charge on any atom is -0.379 e. The van der Waals surface area contributed by atoms with E-state index in [0.29, 0.717) is 32.7 Å². The van der Waals surface area contributed by atoms with Crippen LogP contribution in [0.25, 0.3) is 0 Å². The van der Waals surface area contributed by atoms with Crippen molar-refractivity contribution >= 4 is 20.0 Å². The molecule has 2 aromatic carbocycles. The maximum atomic E-state index is 12.7. The van der Waals surface area contributed by atoms with Crippen molar-refractivity contribution < 1.29 is 21.6 Å². The van der Waals surface area contributed by atoms with Gasteiger partial charge in [-0.3, -0.25) is 0 Å². The summed E-state index contributed by atoms with van der Waals surface area (Å²) < 4.78 is 59.8. The minimum absolute atomic E-state index is 0.0463. The summed E-state index contributed by atoms with van der Waals surface area (Å²) >= 11 is 0. The lowest BCUT2D eigenvalue weighted by molar-refractivity contribution is 0.0730. The highest BCUT2D eigenvalue weighted by molar-refractivity contribution is 7.89. The Morgan fingerprint density at radius 3 is 2.14 bits per heavy atom. The molecule has 1 aliphatic rings. The van der Waals surface area contributed by atoms with E-state index in [-0.39, 0.29) is 15.8 Å². The molecule has 1 N–H and O–H groups in total. The van der Waals surface area contributed by atoms with Gasteiger partial charge in [0.05, 0.1) is 23.0 Å². The Hall–Kier alpha value is -1.78. The van der Waals surface area contributed by atoms with Gasteiger partial charge in [0, 0.05) is 19.1 Å². The fourth-order valence-corrected chi connectivity index (χ4v) is 5.83. The first-order valence-electron chi connectivity index (χ1n) is 9.53. The molecule has 0 aromatic heterocycles. The van der Waals surface area contributed by atoms with Crippen LogP contribution in [0.4, 0.5) is 0 Å². The zero-order chi connectivity index (χ0) is 20.9. The summed E-state index contributed by atoms with van der Waals surface area (Å²) in [5.74, 6) is 0. The average Bonchev–Trinajstić information content (AvgIpc) is 2.73. The summed E-state index contributed by atoms with van der Waals surface area (Å²) in [6.07, 6.45) is 1.42. The Bertz CT molecular complexity index is 1000. The van der Waals surface area contributed by atoms with E-state index in [0.717, 1.165) is 12.0 Å². The molecule has 29 heavy (non-hydrogen) atoms. The monoisotopic (exact) mass is 438 g/mol. The van der Waals surface area contributed by atoms with Crippen LogP contribution in [0.1, 0.15) is 18.9 Å². The lowest BCUT2D eigenvalue weighted by atomic mass is 10.1. The van der Waals surface area contributed by atoms with Gasteiger partial charge in [0.1, 0.15) is 0 Å². The third-order valence-electron chi connectivity index (χ3n) is 4.81. The van der Waals surface area contributed by atoms with Gasteiger partial charge in [0.2, 0.25) is 20.0 Å². The van der Waals surface area contributed by atoms with E-state index in [1.54, 1.807) is 0 Å². The van der Waals surface area contributed by atoms with Crippen LogP contribution in [0.3, 0.4) is 0 Å². The summed E-state index contributed by atoms with van der Waals surface area (Å²) in [6, 6.07) is 15.0. The van der Waals surface area contributed by atoms with Gasteiger partial charge in [-0.25, -0.2) is 21.6 Å². The van der Waals surface area contributed by atoms with Crippen molar-refractivity contribution in [1.29, 1.82) is 0 Å². The first-order chi connectivity index (χ1) is 13.8. The fourth-order valence-electron chi connectivity index (χ4n) is 3.15. The Balaban J connectivity index is 1.64. The highest BCUT2D eigenvalue weighted by Crippen LogP contribution is 2.20. The van der Waals surface area contributed by atoms with Gasteiger partial charge in [-0.15, -0.1) is 0 Å². The zero-order valence-electron chi connectivity index (χ0n) is 16.3. The second kappa shape index (κ2) is 9.36. The van der Waals surface area contributed by atoms with Crippen LogP contribution >= 0.6 is 0 Å². The molecule has 0 amide bonds. The van der Waals surface area contributed by atoms with Crippen LogP contribution in [0, 0.1) is 0 Å². The smallest absolute Gasteiger partial charge is 0.243 e. The summed E-state index contributed by atoms with van der Waals surface area (Å²) in [5, 5.41) is 0. The molecule has 0 radical (unpaired) electrons. The van der Waals surface area contributed by atoms with Crippen molar-refractivity contribution in [2.45, 2.75) is 35.6 Å². The molecule has 0 bridgehead atoms. The second-order valence-corrected chi connectivity index (χ2v) is 10.7. The van der Waals surface area contributed by atoms with Crippen molar-refractivity contribution in [2.24, 2.45) is 0 Å². The number of ether oxygens (including phenoxy) is 1. The number of hydrogen-bond donors (Lipinski definition) is 1. The lowest BCUT2D eigenvalue weighted by Crippen LogP contribution is -2.40. The van der Waals surface area contributed by atoms with Crippen molar-refractivity contribution in [3.05, 3.63) is 60.2 Å². The van der Waals surface area contributed by atoms with Gasteiger partial charge in [-0.05, 0) is 49.6 Å². The normalized spacial score (nSPS) is 17.1. The molecule has 1 atom stereocenters. The number of nitrogens with zero attached hydrogens (tertiary/aromatic N) is 1. The predicted molar refractivity (Wildman–Crippen MR) is 111 cm³/mol. The van der Waals surface area contributed by atoms with Crippen LogP contribution in [0.5, 0.6) is 0 Å². The van der Waals surface area contributed by atoms with Crippen LogP contribution in [0.2, 0.25) is 0 Å². The Morgan fingerprint density at radius 1 is 0.931 bits per heavy atom. The molecule has 2 aromatic rings. The minimum atomic E-state index is -3.73. The van der Waals surface area contributed by atoms with Crippen LogP contribution < -0.4 is 4.72 Å². The van der Waals surface area contributed by atoms with Crippen molar-refractivity contribution in [1.82, 2.24) is 9.03 Å². The number of nitrogens with one attached hydrogen (secondary N) is 1. The van der Waals surface area contributed by atoms with E-state index in [1.165, 1.54) is 28.6 Å². The molecule has 3 rings (SSSR count). The second-order valence-electron chi connectivity index (χ2n) is 7.03. The molecule has 9 heteroatoms. The molecule has 0 spiro atoms. The molecule has 1 fully saturated rings. The van der Waals surface area contributed by atoms with E-state index in [2.05, 4.69) is 4.72 Å². The average molecular weight is 439 g/mol. The number of morpholine rings is 1. The molecule has 1 aliphatic heterocycles. The van der Waals surface area contributed by atoms with Crippen molar-refractivity contribution in [2.75, 3.05) is 26.3 Å². The zero-order valence-corrected chi connectivity index (χ0v) is 18.0. The van der Waals surface area contributed by atoms with E-state index in [4.69, 9.17) is 4.74 Å². The van der Waals surface area contributed by atoms with Crippen molar-refractivity contribution in [3.63, 3.8) is 0 Å². The maximum absolute atomic E-state index is 12.7. The fraction of sp³-hybridized carbons (Fsp3) is 0.400. The van der Waals surface area contributed by atoms with Gasteiger partial charge in [-0.2, -0.15) is 4.31 Å². The van der Waals surface area contributed by atoms with E-state index >= 15 is 0 Å². The largest absolute Gasteiger partial charge is 0.379 e. The Morgan fingerprint density at radius 2 is 1.52 bits per heavy atom. The molecular weight excluding hydrogens is 412 g/mol. The van der Waals surface area contributed by atoms with Gasteiger partial charge in [-0.1, -0.05) is 30.3 Å². The number of sulfonamides is 2. The summed E-state index contributed by atoms with van der Waals surface area (Å²) in [5.41, 5.74) is 1.15. The van der Waals surface area contributed by atoms with Gasteiger partial charge in [0.15, 0.2) is 0 Å². The molecule has 7 nitrogen and oxygen atoms in total. The molecule has 1 unspecified atom stereocenters. The molecule has 158 valence electrons. The quantitative estimate of drug-likeness (QED) is 0.681. The highest BCUT2D eigenvalue weighted by Gasteiger charge is 2.27. The lowest BCUT2D eigenvalue weighted by Gasteiger charge is -2.26.